The highest BCUT2D eigenvalue weighted by atomic mass is 15.3. The van der Waals surface area contributed by atoms with E-state index in [1.807, 2.05) is 0 Å². The molecule has 0 aliphatic carbocycles. The molecule has 3 fully saturated rings. The standard InChI is InChI=1S/C18H35N3/c1-18(2,16-7-6-9-19-13-16)15-20-12-8-17(14-20)21-10-4-3-5-11-21/h16-17,19H,3-15H2,1-2H3. The summed E-state index contributed by atoms with van der Waals surface area (Å²) in [7, 11) is 0. The highest BCUT2D eigenvalue weighted by molar-refractivity contribution is 4.90. The molecule has 0 amide bonds. The Morgan fingerprint density at radius 3 is 2.52 bits per heavy atom. The average Bonchev–Trinajstić information content (AvgIpc) is 2.97. The van der Waals surface area contributed by atoms with Crippen LogP contribution in [0, 0.1) is 11.3 Å². The SMILES string of the molecule is CC(C)(CN1CCC(N2CCCCC2)C1)C1CCCNC1. The molecule has 0 aromatic heterocycles. The lowest BCUT2D eigenvalue weighted by atomic mass is 9.74. The van der Waals surface area contributed by atoms with Gasteiger partial charge < -0.3 is 10.2 Å². The van der Waals surface area contributed by atoms with Gasteiger partial charge in [-0.15, -0.1) is 0 Å². The second-order valence-electron chi connectivity index (χ2n) is 8.31. The molecule has 3 nitrogen and oxygen atoms in total. The van der Waals surface area contributed by atoms with E-state index in [0.29, 0.717) is 5.41 Å². The largest absolute Gasteiger partial charge is 0.316 e. The fraction of sp³-hybridized carbons (Fsp3) is 1.00. The first-order valence-corrected chi connectivity index (χ1v) is 9.32. The number of nitrogens with zero attached hydrogens (tertiary/aromatic N) is 2. The van der Waals surface area contributed by atoms with Gasteiger partial charge in [0.05, 0.1) is 0 Å². The topological polar surface area (TPSA) is 18.5 Å². The van der Waals surface area contributed by atoms with Gasteiger partial charge in [0, 0.05) is 19.1 Å². The molecule has 0 spiro atoms. The number of likely N-dealkylation sites (tertiary alicyclic amines) is 2. The quantitative estimate of drug-likeness (QED) is 0.859. The van der Waals surface area contributed by atoms with Crippen molar-refractivity contribution >= 4 is 0 Å². The maximum Gasteiger partial charge on any atom is 0.0235 e. The minimum atomic E-state index is 0.463. The summed E-state index contributed by atoms with van der Waals surface area (Å²) in [6, 6.07) is 0.852. The Bertz CT molecular complexity index is 316. The van der Waals surface area contributed by atoms with Gasteiger partial charge in [-0.05, 0) is 76.2 Å². The minimum absolute atomic E-state index is 0.463. The van der Waals surface area contributed by atoms with Crippen molar-refractivity contribution in [3.05, 3.63) is 0 Å². The number of hydrogen-bond donors (Lipinski definition) is 1. The molecule has 3 aliphatic rings. The molecule has 0 aromatic carbocycles. The van der Waals surface area contributed by atoms with Crippen molar-refractivity contribution in [1.29, 1.82) is 0 Å². The van der Waals surface area contributed by atoms with Gasteiger partial charge in [-0.3, -0.25) is 4.90 Å². The van der Waals surface area contributed by atoms with E-state index in [0.717, 1.165) is 12.0 Å². The first-order valence-electron chi connectivity index (χ1n) is 9.32. The molecule has 1 N–H and O–H groups in total. The van der Waals surface area contributed by atoms with Crippen LogP contribution >= 0.6 is 0 Å². The zero-order valence-electron chi connectivity index (χ0n) is 14.2. The lowest BCUT2D eigenvalue weighted by Crippen LogP contribution is -2.45. The monoisotopic (exact) mass is 293 g/mol. The third-order valence-corrected chi connectivity index (χ3v) is 6.19. The molecule has 0 bridgehead atoms. The van der Waals surface area contributed by atoms with E-state index in [-0.39, 0.29) is 0 Å². The van der Waals surface area contributed by atoms with Gasteiger partial charge in [0.25, 0.3) is 0 Å². The zero-order chi connectivity index (χ0) is 14.7. The molecule has 0 saturated carbocycles. The molecule has 21 heavy (non-hydrogen) atoms. The molecule has 0 radical (unpaired) electrons. The second-order valence-corrected chi connectivity index (χ2v) is 8.31. The maximum atomic E-state index is 3.60. The van der Waals surface area contributed by atoms with Crippen LogP contribution in [-0.4, -0.2) is 61.7 Å². The van der Waals surface area contributed by atoms with Crippen LogP contribution in [0.4, 0.5) is 0 Å². The molecule has 3 heterocycles. The minimum Gasteiger partial charge on any atom is -0.316 e. The van der Waals surface area contributed by atoms with E-state index in [2.05, 4.69) is 29.0 Å². The zero-order valence-corrected chi connectivity index (χ0v) is 14.2. The molecule has 0 aromatic rings. The predicted molar refractivity (Wildman–Crippen MR) is 89.6 cm³/mol. The van der Waals surface area contributed by atoms with Crippen molar-refractivity contribution in [3.63, 3.8) is 0 Å². The fourth-order valence-electron chi connectivity index (χ4n) is 4.76. The van der Waals surface area contributed by atoms with Crippen molar-refractivity contribution in [2.45, 2.75) is 58.4 Å². The average molecular weight is 293 g/mol. The van der Waals surface area contributed by atoms with Crippen LogP contribution in [-0.2, 0) is 0 Å². The Kier molecular flexibility index (Phi) is 5.23. The number of rotatable bonds is 4. The Morgan fingerprint density at radius 2 is 1.81 bits per heavy atom. The van der Waals surface area contributed by atoms with Gasteiger partial charge in [0.1, 0.15) is 0 Å². The highest BCUT2D eigenvalue weighted by Gasteiger charge is 2.35. The van der Waals surface area contributed by atoms with Crippen LogP contribution in [0.15, 0.2) is 0 Å². The number of nitrogens with one attached hydrogen (secondary N) is 1. The van der Waals surface area contributed by atoms with Crippen LogP contribution in [0.1, 0.15) is 52.4 Å². The van der Waals surface area contributed by atoms with Gasteiger partial charge in [-0.25, -0.2) is 0 Å². The van der Waals surface area contributed by atoms with E-state index in [1.54, 1.807) is 0 Å². The van der Waals surface area contributed by atoms with Gasteiger partial charge in [-0.2, -0.15) is 0 Å². The predicted octanol–water partition coefficient (Wildman–Crippen LogP) is 2.57. The smallest absolute Gasteiger partial charge is 0.0235 e. The molecule has 2 unspecified atom stereocenters. The molecule has 3 aliphatic heterocycles. The first kappa shape index (κ1) is 15.8. The van der Waals surface area contributed by atoms with E-state index < -0.39 is 0 Å². The van der Waals surface area contributed by atoms with Crippen LogP contribution in [0.2, 0.25) is 0 Å². The maximum absolute atomic E-state index is 3.60. The summed E-state index contributed by atoms with van der Waals surface area (Å²) in [5.41, 5.74) is 0.463. The summed E-state index contributed by atoms with van der Waals surface area (Å²) in [5, 5.41) is 3.60. The van der Waals surface area contributed by atoms with Crippen molar-refractivity contribution < 1.29 is 0 Å². The lowest BCUT2D eigenvalue weighted by molar-refractivity contribution is 0.103. The van der Waals surface area contributed by atoms with Crippen LogP contribution < -0.4 is 5.32 Å². The third-order valence-electron chi connectivity index (χ3n) is 6.19. The number of piperidine rings is 2. The van der Waals surface area contributed by atoms with Gasteiger partial charge in [0.2, 0.25) is 0 Å². The Balaban J connectivity index is 1.49. The summed E-state index contributed by atoms with van der Waals surface area (Å²) < 4.78 is 0. The molecule has 122 valence electrons. The molecule has 3 rings (SSSR count). The first-order chi connectivity index (χ1) is 10.1. The van der Waals surface area contributed by atoms with Gasteiger partial charge in [0.15, 0.2) is 0 Å². The van der Waals surface area contributed by atoms with Gasteiger partial charge >= 0.3 is 0 Å². The Morgan fingerprint density at radius 1 is 1.00 bits per heavy atom. The summed E-state index contributed by atoms with van der Waals surface area (Å²) in [6.07, 6.45) is 8.49. The molecule has 3 heteroatoms. The summed E-state index contributed by atoms with van der Waals surface area (Å²) >= 11 is 0. The third kappa shape index (κ3) is 4.00. The second kappa shape index (κ2) is 6.97. The van der Waals surface area contributed by atoms with E-state index >= 15 is 0 Å². The number of hydrogen-bond acceptors (Lipinski definition) is 3. The van der Waals surface area contributed by atoms with Gasteiger partial charge in [-0.1, -0.05) is 20.3 Å². The summed E-state index contributed by atoms with van der Waals surface area (Å²) in [6.45, 7) is 14.1. The normalized spacial score (nSPS) is 33.4. The van der Waals surface area contributed by atoms with Crippen molar-refractivity contribution in [3.8, 4) is 0 Å². The van der Waals surface area contributed by atoms with Crippen molar-refractivity contribution in [2.75, 3.05) is 45.8 Å². The molecular weight excluding hydrogens is 258 g/mol. The van der Waals surface area contributed by atoms with E-state index in [4.69, 9.17) is 0 Å². The lowest BCUT2D eigenvalue weighted by Gasteiger charge is -2.40. The summed E-state index contributed by atoms with van der Waals surface area (Å²) in [4.78, 5) is 5.53. The molecular formula is C18H35N3. The van der Waals surface area contributed by atoms with Crippen molar-refractivity contribution in [2.24, 2.45) is 11.3 Å². The fourth-order valence-corrected chi connectivity index (χ4v) is 4.76. The summed E-state index contributed by atoms with van der Waals surface area (Å²) in [5.74, 6) is 0.861. The molecule has 3 saturated heterocycles. The Hall–Kier alpha value is -0.120. The van der Waals surface area contributed by atoms with Crippen LogP contribution in [0.5, 0.6) is 0 Å². The molecule has 2 atom stereocenters. The van der Waals surface area contributed by atoms with Crippen LogP contribution in [0.25, 0.3) is 0 Å². The van der Waals surface area contributed by atoms with E-state index in [9.17, 15) is 0 Å². The van der Waals surface area contributed by atoms with Crippen molar-refractivity contribution in [1.82, 2.24) is 15.1 Å². The van der Waals surface area contributed by atoms with E-state index in [1.165, 1.54) is 84.3 Å². The highest BCUT2D eigenvalue weighted by Crippen LogP contribution is 2.34. The van der Waals surface area contributed by atoms with Crippen LogP contribution in [0.3, 0.4) is 0 Å². The Labute approximate surface area is 131 Å².